The Kier molecular flexibility index (Phi) is 6.17. The third-order valence-corrected chi connectivity index (χ3v) is 5.71. The second-order valence-electron chi connectivity index (χ2n) is 7.84. The third-order valence-electron chi connectivity index (χ3n) is 5.71. The summed E-state index contributed by atoms with van der Waals surface area (Å²) in [6.45, 7) is 2.18. The molecular formula is C25H27NO4. The van der Waals surface area contributed by atoms with Crippen molar-refractivity contribution in [3.8, 4) is 11.5 Å². The highest BCUT2D eigenvalue weighted by atomic mass is 16.5. The Morgan fingerprint density at radius 3 is 2.37 bits per heavy atom. The molecule has 0 fully saturated rings. The zero-order valence-corrected chi connectivity index (χ0v) is 17.2. The van der Waals surface area contributed by atoms with Crippen LogP contribution >= 0.6 is 0 Å². The number of para-hydroxylation sites is 2. The maximum Gasteiger partial charge on any atom is 0.318 e. The van der Waals surface area contributed by atoms with Crippen molar-refractivity contribution in [3.05, 3.63) is 71.3 Å². The Morgan fingerprint density at radius 1 is 1.07 bits per heavy atom. The van der Waals surface area contributed by atoms with Gasteiger partial charge in [0.1, 0.15) is 17.4 Å². The van der Waals surface area contributed by atoms with E-state index in [0.29, 0.717) is 18.0 Å². The highest BCUT2D eigenvalue weighted by molar-refractivity contribution is 5.89. The number of esters is 1. The lowest BCUT2D eigenvalue weighted by atomic mass is 9.88. The van der Waals surface area contributed by atoms with Crippen molar-refractivity contribution in [3.63, 3.8) is 0 Å². The lowest BCUT2D eigenvalue weighted by Crippen LogP contribution is -2.37. The highest BCUT2D eigenvalue weighted by Crippen LogP contribution is 2.44. The summed E-state index contributed by atoms with van der Waals surface area (Å²) in [4.78, 5) is 25.6. The van der Waals surface area contributed by atoms with Gasteiger partial charge >= 0.3 is 5.97 Å². The first-order valence-electron chi connectivity index (χ1n) is 10.7. The Bertz CT molecular complexity index is 920. The van der Waals surface area contributed by atoms with E-state index in [1.165, 1.54) is 18.4 Å². The molecule has 0 spiro atoms. The number of hydrogen-bond acceptors (Lipinski definition) is 4. The lowest BCUT2D eigenvalue weighted by molar-refractivity contribution is -0.155. The van der Waals surface area contributed by atoms with Crippen LogP contribution in [-0.2, 0) is 14.3 Å². The van der Waals surface area contributed by atoms with Crippen molar-refractivity contribution in [2.24, 2.45) is 0 Å². The largest absolute Gasteiger partial charge is 0.457 e. The number of fused-ring (bicyclic) bond motifs is 2. The molecule has 2 aromatic carbocycles. The first-order chi connectivity index (χ1) is 14.6. The Labute approximate surface area is 177 Å². The molecule has 1 aliphatic carbocycles. The molecule has 0 radical (unpaired) electrons. The minimum atomic E-state index is -0.861. The van der Waals surface area contributed by atoms with E-state index in [4.69, 9.17) is 9.47 Å². The summed E-state index contributed by atoms with van der Waals surface area (Å²) in [5.74, 6) is -0.0648. The van der Waals surface area contributed by atoms with Crippen molar-refractivity contribution in [1.82, 2.24) is 5.32 Å². The van der Waals surface area contributed by atoms with Crippen LogP contribution in [-0.4, -0.2) is 24.5 Å². The van der Waals surface area contributed by atoms with Crippen molar-refractivity contribution in [2.75, 3.05) is 6.54 Å². The third kappa shape index (κ3) is 4.40. The summed E-state index contributed by atoms with van der Waals surface area (Å²) in [6.07, 6.45) is 6.99. The molecule has 5 nitrogen and oxygen atoms in total. The number of allylic oxidation sites excluding steroid dienone is 1. The lowest BCUT2D eigenvalue weighted by Gasteiger charge is -2.27. The van der Waals surface area contributed by atoms with E-state index in [2.05, 4.69) is 11.4 Å². The van der Waals surface area contributed by atoms with E-state index in [1.54, 1.807) is 6.92 Å². The fourth-order valence-electron chi connectivity index (χ4n) is 4.08. The molecule has 1 atom stereocenters. The number of ether oxygens (including phenoxy) is 2. The topological polar surface area (TPSA) is 64.6 Å². The summed E-state index contributed by atoms with van der Waals surface area (Å²) in [5.41, 5.74) is 2.90. The van der Waals surface area contributed by atoms with E-state index >= 15 is 0 Å². The summed E-state index contributed by atoms with van der Waals surface area (Å²) in [7, 11) is 0. The predicted molar refractivity (Wildman–Crippen MR) is 115 cm³/mol. The minimum Gasteiger partial charge on any atom is -0.457 e. The minimum absolute atomic E-state index is 0.270. The molecule has 1 aliphatic heterocycles. The highest BCUT2D eigenvalue weighted by Gasteiger charge is 2.35. The fourth-order valence-corrected chi connectivity index (χ4v) is 4.08. The smallest absolute Gasteiger partial charge is 0.318 e. The Morgan fingerprint density at radius 2 is 1.73 bits per heavy atom. The van der Waals surface area contributed by atoms with E-state index in [1.807, 2.05) is 48.5 Å². The van der Waals surface area contributed by atoms with Gasteiger partial charge in [-0.3, -0.25) is 9.59 Å². The number of nitrogens with one attached hydrogen (secondary N) is 1. The van der Waals surface area contributed by atoms with Crippen LogP contribution in [0.4, 0.5) is 0 Å². The quantitative estimate of drug-likeness (QED) is 0.550. The first kappa shape index (κ1) is 20.2. The van der Waals surface area contributed by atoms with Crippen LogP contribution in [0.1, 0.15) is 56.1 Å². The van der Waals surface area contributed by atoms with E-state index in [0.717, 1.165) is 30.4 Å². The number of carbonyl (C=O) groups is 2. The Hall–Kier alpha value is -3.08. The van der Waals surface area contributed by atoms with Crippen molar-refractivity contribution < 1.29 is 19.1 Å². The molecule has 0 saturated carbocycles. The van der Waals surface area contributed by atoms with Gasteiger partial charge in [0.05, 0.1) is 0 Å². The summed E-state index contributed by atoms with van der Waals surface area (Å²) in [6, 6.07) is 14.9. The van der Waals surface area contributed by atoms with Crippen LogP contribution in [0.25, 0.3) is 0 Å². The number of amides is 1. The van der Waals surface area contributed by atoms with Gasteiger partial charge in [0.2, 0.25) is 0 Å². The molecule has 0 aromatic heterocycles. The summed E-state index contributed by atoms with van der Waals surface area (Å²) >= 11 is 0. The maximum atomic E-state index is 13.1. The molecule has 2 aliphatic rings. The number of benzene rings is 2. The van der Waals surface area contributed by atoms with Crippen molar-refractivity contribution >= 4 is 11.9 Å². The van der Waals surface area contributed by atoms with Gasteiger partial charge in [-0.25, -0.2) is 0 Å². The maximum absolute atomic E-state index is 13.1. The molecule has 1 N–H and O–H groups in total. The predicted octanol–water partition coefficient (Wildman–Crippen LogP) is 4.86. The van der Waals surface area contributed by atoms with Gasteiger partial charge in [-0.2, -0.15) is 0 Å². The van der Waals surface area contributed by atoms with Crippen LogP contribution in [0.2, 0.25) is 0 Å². The normalized spacial score (nSPS) is 16.4. The second kappa shape index (κ2) is 9.16. The van der Waals surface area contributed by atoms with E-state index in [9.17, 15) is 9.59 Å². The van der Waals surface area contributed by atoms with Gasteiger partial charge in [-0.15, -0.1) is 0 Å². The van der Waals surface area contributed by atoms with Crippen LogP contribution < -0.4 is 10.1 Å². The van der Waals surface area contributed by atoms with Gasteiger partial charge in [0.15, 0.2) is 6.10 Å². The zero-order chi connectivity index (χ0) is 20.9. The monoisotopic (exact) mass is 405 g/mol. The first-order valence-corrected chi connectivity index (χ1v) is 10.7. The molecule has 0 unspecified atom stereocenters. The van der Waals surface area contributed by atoms with Crippen LogP contribution in [0.3, 0.4) is 0 Å². The number of carbonyl (C=O) groups excluding carboxylic acids is 2. The van der Waals surface area contributed by atoms with Gasteiger partial charge in [-0.1, -0.05) is 48.0 Å². The molecule has 1 amide bonds. The van der Waals surface area contributed by atoms with Gasteiger partial charge in [-0.05, 0) is 51.2 Å². The van der Waals surface area contributed by atoms with Crippen LogP contribution in [0, 0.1) is 0 Å². The zero-order valence-electron chi connectivity index (χ0n) is 17.2. The molecule has 5 heteroatoms. The molecule has 0 saturated heterocycles. The molecule has 2 aromatic rings. The molecule has 30 heavy (non-hydrogen) atoms. The van der Waals surface area contributed by atoms with E-state index in [-0.39, 0.29) is 5.91 Å². The average Bonchev–Trinajstić information content (AvgIpc) is 2.77. The van der Waals surface area contributed by atoms with E-state index < -0.39 is 18.0 Å². The van der Waals surface area contributed by atoms with Crippen LogP contribution in [0.15, 0.2) is 60.2 Å². The number of rotatable bonds is 6. The van der Waals surface area contributed by atoms with Crippen molar-refractivity contribution in [1.29, 1.82) is 0 Å². The van der Waals surface area contributed by atoms with Crippen molar-refractivity contribution in [2.45, 2.75) is 51.0 Å². The second-order valence-corrected chi connectivity index (χ2v) is 7.84. The molecule has 0 bridgehead atoms. The van der Waals surface area contributed by atoms with Gasteiger partial charge in [0.25, 0.3) is 5.91 Å². The summed E-state index contributed by atoms with van der Waals surface area (Å²) in [5, 5.41) is 2.89. The SMILES string of the molecule is C[C@H](OC(=O)C1c2ccccc2Oc2ccccc21)C(=O)NCCC1=CCCCC1. The average molecular weight is 405 g/mol. The molecule has 1 heterocycles. The van der Waals surface area contributed by atoms with Gasteiger partial charge in [0, 0.05) is 17.7 Å². The molecule has 156 valence electrons. The van der Waals surface area contributed by atoms with Crippen LogP contribution in [0.5, 0.6) is 11.5 Å². The molecular weight excluding hydrogens is 378 g/mol. The summed E-state index contributed by atoms with van der Waals surface area (Å²) < 4.78 is 11.5. The molecule has 4 rings (SSSR count). The standard InChI is InChI=1S/C25H27NO4/c1-17(24(27)26-16-15-18-9-3-2-4-10-18)29-25(28)23-19-11-5-7-13-21(19)30-22-14-8-6-12-20(22)23/h5-9,11-14,17,23H,2-4,10,15-16H2,1H3,(H,26,27)/t17-/m0/s1. The fraction of sp³-hybridized carbons (Fsp3) is 0.360. The number of hydrogen-bond donors (Lipinski definition) is 1. The van der Waals surface area contributed by atoms with Gasteiger partial charge < -0.3 is 14.8 Å². The Balaban J connectivity index is 1.41.